The van der Waals surface area contributed by atoms with Crippen LogP contribution in [-0.4, -0.2) is 12.8 Å². The van der Waals surface area contributed by atoms with Crippen LogP contribution in [0.15, 0.2) is 23.8 Å². The van der Waals surface area contributed by atoms with Gasteiger partial charge in [0.05, 0.1) is 10.7 Å². The first-order chi connectivity index (χ1) is 8.17. The smallest absolute Gasteiger partial charge is 0.147 e. The number of carbonyl (C=O) groups excluding carboxylic acids is 1. The van der Waals surface area contributed by atoms with Gasteiger partial charge in [-0.25, -0.2) is 0 Å². The maximum Gasteiger partial charge on any atom is 0.147 e. The van der Waals surface area contributed by atoms with Crippen LogP contribution in [-0.2, 0) is 4.79 Å². The van der Waals surface area contributed by atoms with Crippen LogP contribution in [0.4, 0.5) is 5.69 Å². The molecule has 0 unspecified atom stereocenters. The lowest BCUT2D eigenvalue weighted by Crippen LogP contribution is -2.13. The lowest BCUT2D eigenvalue weighted by molar-refractivity contribution is -0.104. The number of hydrogen-bond donors (Lipinski definition) is 0. The Labute approximate surface area is 126 Å². The molecule has 2 rings (SSSR count). The van der Waals surface area contributed by atoms with Gasteiger partial charge in [0.15, 0.2) is 0 Å². The summed E-state index contributed by atoms with van der Waals surface area (Å²) in [5, 5.41) is 1.19. The molecule has 2 nitrogen and oxygen atoms in total. The molecule has 1 aliphatic rings. The van der Waals surface area contributed by atoms with Gasteiger partial charge in [0.1, 0.15) is 6.29 Å². The molecule has 1 heterocycles. The van der Waals surface area contributed by atoms with Crippen LogP contribution in [0.5, 0.6) is 0 Å². The van der Waals surface area contributed by atoms with Crippen molar-refractivity contribution in [3.8, 4) is 0 Å². The third-order valence-corrected chi connectivity index (χ3v) is 5.21. The zero-order chi connectivity index (χ0) is 12.4. The number of benzene rings is 1. The first kappa shape index (κ1) is 13.5. The first-order valence-corrected chi connectivity index (χ1v) is 8.94. The zero-order valence-electron chi connectivity index (χ0n) is 8.62. The van der Waals surface area contributed by atoms with Crippen molar-refractivity contribution in [3.63, 3.8) is 0 Å². The van der Waals surface area contributed by atoms with E-state index in [1.54, 1.807) is 15.2 Å². The second kappa shape index (κ2) is 5.82. The SMILES string of the molecule is O=CC1=C(Cl)c2ccc(Cl)cc2N(SI)CC1. The second-order valence-corrected chi connectivity index (χ2v) is 6.11. The Balaban J connectivity index is 2.61. The highest BCUT2D eigenvalue weighted by atomic mass is 127. The van der Waals surface area contributed by atoms with Crippen molar-refractivity contribution < 1.29 is 4.79 Å². The third-order valence-electron chi connectivity index (χ3n) is 2.56. The summed E-state index contributed by atoms with van der Waals surface area (Å²) in [6, 6.07) is 5.51. The molecule has 0 amide bonds. The fraction of sp³-hybridized carbons (Fsp3) is 0.182. The van der Waals surface area contributed by atoms with Crippen molar-refractivity contribution in [1.29, 1.82) is 0 Å². The van der Waals surface area contributed by atoms with Crippen molar-refractivity contribution in [3.05, 3.63) is 34.4 Å². The van der Waals surface area contributed by atoms with Crippen LogP contribution in [0, 0.1) is 0 Å². The molecule has 90 valence electrons. The van der Waals surface area contributed by atoms with E-state index in [0.717, 1.165) is 24.1 Å². The minimum atomic E-state index is 0.527. The summed E-state index contributed by atoms with van der Waals surface area (Å²) in [5.41, 5.74) is 2.46. The Morgan fingerprint density at radius 3 is 2.82 bits per heavy atom. The molecular formula is C11H8Cl2INOS. The van der Waals surface area contributed by atoms with Gasteiger partial charge < -0.3 is 4.31 Å². The lowest BCUT2D eigenvalue weighted by atomic mass is 10.1. The van der Waals surface area contributed by atoms with E-state index in [1.807, 2.05) is 12.1 Å². The van der Waals surface area contributed by atoms with Gasteiger partial charge in [0.2, 0.25) is 0 Å². The van der Waals surface area contributed by atoms with E-state index in [1.165, 1.54) is 0 Å². The van der Waals surface area contributed by atoms with Crippen LogP contribution >= 0.6 is 53.5 Å². The maximum atomic E-state index is 11.0. The molecule has 6 heteroatoms. The summed E-state index contributed by atoms with van der Waals surface area (Å²) < 4.78 is 2.08. The lowest BCUT2D eigenvalue weighted by Gasteiger charge is -2.20. The molecule has 0 radical (unpaired) electrons. The summed E-state index contributed by atoms with van der Waals surface area (Å²) in [7, 11) is 1.57. The predicted octanol–water partition coefficient (Wildman–Crippen LogP) is 4.70. The van der Waals surface area contributed by atoms with Crippen LogP contribution in [0.2, 0.25) is 5.02 Å². The number of nitrogens with zero attached hydrogens (tertiary/aromatic N) is 1. The maximum absolute atomic E-state index is 11.0. The summed E-state index contributed by atoms with van der Waals surface area (Å²) in [4.78, 5) is 11.0. The molecule has 1 aliphatic heterocycles. The highest BCUT2D eigenvalue weighted by Gasteiger charge is 2.21. The minimum absolute atomic E-state index is 0.527. The molecule has 0 saturated heterocycles. The summed E-state index contributed by atoms with van der Waals surface area (Å²) in [5.74, 6) is 0. The number of carbonyl (C=O) groups is 1. The predicted molar refractivity (Wildman–Crippen MR) is 83.9 cm³/mol. The number of halogens is 3. The molecule has 0 bridgehead atoms. The van der Waals surface area contributed by atoms with E-state index >= 15 is 0 Å². The normalized spacial score (nSPS) is 15.6. The molecule has 0 fully saturated rings. The van der Waals surface area contributed by atoms with Gasteiger partial charge in [-0.15, -0.1) is 0 Å². The van der Waals surface area contributed by atoms with Crippen molar-refractivity contribution in [1.82, 2.24) is 0 Å². The second-order valence-electron chi connectivity index (χ2n) is 3.54. The number of fused-ring (bicyclic) bond motifs is 1. The van der Waals surface area contributed by atoms with Crippen molar-refractivity contribution >= 4 is 70.5 Å². The molecule has 0 aliphatic carbocycles. The van der Waals surface area contributed by atoms with Crippen molar-refractivity contribution in [2.24, 2.45) is 0 Å². The van der Waals surface area contributed by atoms with E-state index in [-0.39, 0.29) is 0 Å². The van der Waals surface area contributed by atoms with E-state index in [9.17, 15) is 4.79 Å². The average Bonchev–Trinajstić information content (AvgIpc) is 2.46. The molecule has 0 atom stereocenters. The Bertz CT molecular complexity index is 492. The van der Waals surface area contributed by atoms with Gasteiger partial charge in [-0.05, 0) is 24.6 Å². The first-order valence-electron chi connectivity index (χ1n) is 4.87. The summed E-state index contributed by atoms with van der Waals surface area (Å²) in [6.45, 7) is 0.741. The highest BCUT2D eigenvalue weighted by molar-refractivity contribution is 14.2. The monoisotopic (exact) mass is 399 g/mol. The van der Waals surface area contributed by atoms with Crippen LogP contribution in [0.3, 0.4) is 0 Å². The number of rotatable bonds is 2. The number of anilines is 1. The van der Waals surface area contributed by atoms with Gasteiger partial charge in [0.25, 0.3) is 0 Å². The highest BCUT2D eigenvalue weighted by Crippen LogP contribution is 2.41. The molecule has 0 saturated carbocycles. The van der Waals surface area contributed by atoms with Crippen molar-refractivity contribution in [2.75, 3.05) is 10.8 Å². The van der Waals surface area contributed by atoms with Crippen molar-refractivity contribution in [2.45, 2.75) is 6.42 Å². The molecule has 0 spiro atoms. The molecule has 1 aromatic rings. The molecule has 0 aromatic heterocycles. The topological polar surface area (TPSA) is 20.3 Å². The summed E-state index contributed by atoms with van der Waals surface area (Å²) in [6.07, 6.45) is 1.48. The quantitative estimate of drug-likeness (QED) is 0.408. The average molecular weight is 400 g/mol. The van der Waals surface area contributed by atoms with Gasteiger partial charge in [-0.1, -0.05) is 23.2 Å². The van der Waals surface area contributed by atoms with E-state index < -0.39 is 0 Å². The fourth-order valence-corrected chi connectivity index (χ4v) is 3.78. The Hall–Kier alpha value is 0.0900. The fourth-order valence-electron chi connectivity index (χ4n) is 1.70. The Morgan fingerprint density at radius 2 is 2.18 bits per heavy atom. The van der Waals surface area contributed by atoms with Gasteiger partial charge >= 0.3 is 0 Å². The Morgan fingerprint density at radius 1 is 1.41 bits per heavy atom. The zero-order valence-corrected chi connectivity index (χ0v) is 13.1. The van der Waals surface area contributed by atoms with Gasteiger partial charge in [0, 0.05) is 53.0 Å². The number of hydrogen-bond acceptors (Lipinski definition) is 3. The van der Waals surface area contributed by atoms with Crippen LogP contribution < -0.4 is 4.31 Å². The van der Waals surface area contributed by atoms with E-state index in [2.05, 4.69) is 25.5 Å². The summed E-state index contributed by atoms with van der Waals surface area (Å²) >= 11 is 14.5. The Kier molecular flexibility index (Phi) is 4.63. The van der Waals surface area contributed by atoms with Crippen LogP contribution in [0.25, 0.3) is 5.03 Å². The minimum Gasteiger partial charge on any atom is -0.307 e. The standard InChI is InChI=1S/C11H8Cl2INOS/c12-8-1-2-9-10(5-8)15(17-14)4-3-7(6-16)11(9)13/h1-2,5-6H,3-4H2. The van der Waals surface area contributed by atoms with E-state index in [4.69, 9.17) is 23.2 Å². The van der Waals surface area contributed by atoms with Gasteiger partial charge in [-0.3, -0.25) is 4.79 Å². The largest absolute Gasteiger partial charge is 0.307 e. The van der Waals surface area contributed by atoms with Gasteiger partial charge in [-0.2, -0.15) is 0 Å². The molecule has 17 heavy (non-hydrogen) atoms. The van der Waals surface area contributed by atoms with E-state index in [0.29, 0.717) is 22.0 Å². The molecule has 1 aromatic carbocycles. The number of aldehydes is 1. The molecular weight excluding hydrogens is 392 g/mol. The third kappa shape index (κ3) is 2.75. The molecule has 0 N–H and O–H groups in total. The van der Waals surface area contributed by atoms with Crippen LogP contribution in [0.1, 0.15) is 12.0 Å².